The van der Waals surface area contributed by atoms with Crippen molar-refractivity contribution in [3.8, 4) is 0 Å². The summed E-state index contributed by atoms with van der Waals surface area (Å²) in [5.41, 5.74) is -0.324. The maximum atomic E-state index is 13.9. The number of rotatable bonds is 6. The molecule has 1 saturated heterocycles. The molecule has 0 bridgehead atoms. The fourth-order valence-electron chi connectivity index (χ4n) is 3.58. The fraction of sp³-hybridized carbons (Fsp3) is 0.556. The third kappa shape index (κ3) is 4.69. The highest BCUT2D eigenvalue weighted by Crippen LogP contribution is 2.37. The highest BCUT2D eigenvalue weighted by molar-refractivity contribution is 6.59. The molecule has 5 heteroatoms. The molecule has 0 N–H and O–H groups in total. The van der Waals surface area contributed by atoms with E-state index in [1.807, 2.05) is 0 Å². The summed E-state index contributed by atoms with van der Waals surface area (Å²) in [4.78, 5) is 0. The van der Waals surface area contributed by atoms with Crippen LogP contribution >= 0.6 is 0 Å². The van der Waals surface area contributed by atoms with Gasteiger partial charge >= 0.3 is 0 Å². The van der Waals surface area contributed by atoms with E-state index in [-0.39, 0.29) is 5.92 Å². The van der Waals surface area contributed by atoms with E-state index >= 15 is 0 Å². The standard InChI is InChI=1S/C18H24F4Si/c1-2-3-4-7-23-8-5-13(6-9-23)14-10-15(20)18(16(21)11-14)17(22)12-19/h10-13,23H,2-9H2,1H3/t13-,23-. The second-order valence-electron chi connectivity index (χ2n) is 6.53. The van der Waals surface area contributed by atoms with Gasteiger partial charge in [-0.05, 0) is 36.5 Å². The van der Waals surface area contributed by atoms with E-state index in [2.05, 4.69) is 6.92 Å². The van der Waals surface area contributed by atoms with Crippen LogP contribution in [0, 0.1) is 11.6 Å². The molecule has 0 atom stereocenters. The van der Waals surface area contributed by atoms with Gasteiger partial charge in [-0.25, -0.2) is 17.6 Å². The van der Waals surface area contributed by atoms with Crippen molar-refractivity contribution in [2.24, 2.45) is 0 Å². The van der Waals surface area contributed by atoms with Gasteiger partial charge in [-0.15, -0.1) is 0 Å². The lowest BCUT2D eigenvalue weighted by atomic mass is 9.92. The van der Waals surface area contributed by atoms with Crippen LogP contribution in [0.1, 0.15) is 56.1 Å². The minimum Gasteiger partial charge on any atom is -0.212 e. The Kier molecular flexibility index (Phi) is 6.87. The monoisotopic (exact) mass is 344 g/mol. The Hall–Kier alpha value is -1.10. The number of benzene rings is 1. The van der Waals surface area contributed by atoms with Crippen LogP contribution in [0.25, 0.3) is 5.83 Å². The van der Waals surface area contributed by atoms with Crippen molar-refractivity contribution in [2.45, 2.75) is 63.1 Å². The van der Waals surface area contributed by atoms with Gasteiger partial charge < -0.3 is 0 Å². The second kappa shape index (κ2) is 8.67. The quantitative estimate of drug-likeness (QED) is 0.314. The smallest absolute Gasteiger partial charge is 0.164 e. The molecule has 1 aliphatic rings. The first-order chi connectivity index (χ1) is 11.1. The zero-order valence-corrected chi connectivity index (χ0v) is 14.7. The molecule has 0 saturated carbocycles. The van der Waals surface area contributed by atoms with E-state index in [0.29, 0.717) is 5.56 Å². The summed E-state index contributed by atoms with van der Waals surface area (Å²) in [5, 5.41) is 0. The predicted octanol–water partition coefficient (Wildman–Crippen LogP) is 6.50. The summed E-state index contributed by atoms with van der Waals surface area (Å²) in [6, 6.07) is 6.13. The van der Waals surface area contributed by atoms with Gasteiger partial charge in [-0.2, -0.15) is 0 Å². The van der Waals surface area contributed by atoms with Gasteiger partial charge in [0.15, 0.2) is 5.83 Å². The molecule has 2 rings (SSSR count). The summed E-state index contributed by atoms with van der Waals surface area (Å²) in [7, 11) is -0.682. The first-order valence-corrected chi connectivity index (χ1v) is 11.0. The van der Waals surface area contributed by atoms with Crippen molar-refractivity contribution in [1.29, 1.82) is 0 Å². The minimum absolute atomic E-state index is 0.139. The van der Waals surface area contributed by atoms with E-state index < -0.39 is 38.2 Å². The van der Waals surface area contributed by atoms with E-state index in [1.165, 1.54) is 49.5 Å². The average Bonchev–Trinajstić information content (AvgIpc) is 2.54. The van der Waals surface area contributed by atoms with Crippen molar-refractivity contribution in [2.75, 3.05) is 0 Å². The van der Waals surface area contributed by atoms with Crippen molar-refractivity contribution < 1.29 is 17.6 Å². The molecule has 1 aliphatic heterocycles. The number of hydrogen-bond donors (Lipinski definition) is 0. The molecule has 1 heterocycles. The van der Waals surface area contributed by atoms with E-state index in [9.17, 15) is 17.6 Å². The molecule has 23 heavy (non-hydrogen) atoms. The minimum atomic E-state index is -1.50. The molecular weight excluding hydrogens is 320 g/mol. The molecule has 0 amide bonds. The topological polar surface area (TPSA) is 0 Å². The molecule has 0 radical (unpaired) electrons. The molecule has 0 spiro atoms. The molecule has 0 aromatic heterocycles. The second-order valence-corrected chi connectivity index (χ2v) is 9.99. The summed E-state index contributed by atoms with van der Waals surface area (Å²) >= 11 is 0. The van der Waals surface area contributed by atoms with E-state index in [0.717, 1.165) is 12.8 Å². The van der Waals surface area contributed by atoms with Crippen molar-refractivity contribution in [1.82, 2.24) is 0 Å². The summed E-state index contributed by atoms with van der Waals surface area (Å²) in [5.74, 6) is -3.40. The first kappa shape index (κ1) is 18.2. The Bertz CT molecular complexity index is 525. The highest BCUT2D eigenvalue weighted by Gasteiger charge is 2.25. The SMILES string of the molecule is CCCCC[Si@H]1CC[C@H](c2cc(F)c(C(F)=CF)c(F)c2)CC1. The van der Waals surface area contributed by atoms with Crippen molar-refractivity contribution in [3.63, 3.8) is 0 Å². The zero-order chi connectivity index (χ0) is 16.8. The van der Waals surface area contributed by atoms with E-state index in [1.54, 1.807) is 0 Å². The van der Waals surface area contributed by atoms with Gasteiger partial charge in [-0.1, -0.05) is 44.3 Å². The van der Waals surface area contributed by atoms with Crippen molar-refractivity contribution in [3.05, 3.63) is 41.2 Å². The number of unbranched alkanes of at least 4 members (excludes halogenated alkanes) is 2. The Balaban J connectivity index is 2.01. The van der Waals surface area contributed by atoms with Crippen LogP contribution in [0.5, 0.6) is 0 Å². The van der Waals surface area contributed by atoms with Crippen LogP contribution in [0.4, 0.5) is 17.6 Å². The third-order valence-electron chi connectivity index (χ3n) is 4.93. The van der Waals surface area contributed by atoms with E-state index in [4.69, 9.17) is 0 Å². The normalized spacial score (nSPS) is 22.4. The molecule has 1 aromatic rings. The molecule has 1 aromatic carbocycles. The summed E-state index contributed by atoms with van der Waals surface area (Å²) < 4.78 is 53.2. The summed E-state index contributed by atoms with van der Waals surface area (Å²) in [6.45, 7) is 2.20. The Morgan fingerprint density at radius 2 is 1.78 bits per heavy atom. The average molecular weight is 344 g/mol. The van der Waals surface area contributed by atoms with Crippen LogP contribution in [-0.2, 0) is 0 Å². The van der Waals surface area contributed by atoms with Crippen LogP contribution < -0.4 is 0 Å². The molecule has 128 valence electrons. The Morgan fingerprint density at radius 3 is 2.30 bits per heavy atom. The number of halogens is 4. The van der Waals surface area contributed by atoms with Gasteiger partial charge in [0.25, 0.3) is 0 Å². The lowest BCUT2D eigenvalue weighted by Gasteiger charge is -2.28. The predicted molar refractivity (Wildman–Crippen MR) is 89.6 cm³/mol. The highest BCUT2D eigenvalue weighted by atomic mass is 28.3. The molecule has 0 nitrogen and oxygen atoms in total. The molecule has 0 aliphatic carbocycles. The van der Waals surface area contributed by atoms with Crippen molar-refractivity contribution >= 4 is 14.6 Å². The largest absolute Gasteiger partial charge is 0.212 e. The van der Waals surface area contributed by atoms with Crippen LogP contribution in [0.15, 0.2) is 18.5 Å². The zero-order valence-electron chi connectivity index (χ0n) is 13.6. The van der Waals surface area contributed by atoms with Gasteiger partial charge in [-0.3, -0.25) is 0 Å². The molecular formula is C18H24F4Si. The molecule has 0 unspecified atom stereocenters. The third-order valence-corrected chi connectivity index (χ3v) is 8.46. The molecule has 1 fully saturated rings. The first-order valence-electron chi connectivity index (χ1n) is 8.52. The van der Waals surface area contributed by atoms with Gasteiger partial charge in [0.05, 0.1) is 5.56 Å². The lowest BCUT2D eigenvalue weighted by Crippen LogP contribution is -2.20. The maximum Gasteiger partial charge on any atom is 0.164 e. The maximum absolute atomic E-state index is 13.9. The lowest BCUT2D eigenvalue weighted by molar-refractivity contribution is 0.542. The summed E-state index contributed by atoms with van der Waals surface area (Å²) in [6.07, 6.45) is 5.35. The Morgan fingerprint density at radius 1 is 1.17 bits per heavy atom. The Labute approximate surface area is 137 Å². The van der Waals surface area contributed by atoms with Gasteiger partial charge in [0.2, 0.25) is 0 Å². The number of hydrogen-bond acceptors (Lipinski definition) is 0. The van der Waals surface area contributed by atoms with Crippen LogP contribution in [-0.4, -0.2) is 8.80 Å². The van der Waals surface area contributed by atoms with Gasteiger partial charge in [0.1, 0.15) is 18.0 Å². The van der Waals surface area contributed by atoms with Gasteiger partial charge in [0, 0.05) is 8.80 Å². The van der Waals surface area contributed by atoms with Crippen LogP contribution in [0.2, 0.25) is 18.1 Å². The fourth-order valence-corrected chi connectivity index (χ4v) is 7.06. The van der Waals surface area contributed by atoms with Crippen LogP contribution in [0.3, 0.4) is 0 Å².